The normalized spacial score (nSPS) is 31.1. The number of rotatable bonds is 3. The van der Waals surface area contributed by atoms with Crippen LogP contribution in [0.2, 0.25) is 0 Å². The lowest BCUT2D eigenvalue weighted by Gasteiger charge is -2.51. The van der Waals surface area contributed by atoms with E-state index < -0.39 is 11.3 Å². The molecule has 4 unspecified atom stereocenters. The predicted molar refractivity (Wildman–Crippen MR) is 112 cm³/mol. The Morgan fingerprint density at radius 3 is 2.64 bits per heavy atom. The Kier molecular flexibility index (Phi) is 6.54. The Hall–Kier alpha value is -0.950. The fourth-order valence-electron chi connectivity index (χ4n) is 4.69. The Bertz CT molecular complexity index is 718. The Morgan fingerprint density at radius 2 is 2.00 bits per heavy atom. The zero-order valence-corrected chi connectivity index (χ0v) is 18.9. The van der Waals surface area contributed by atoms with Crippen LogP contribution in [-0.4, -0.2) is 30.9 Å². The topological polar surface area (TPSA) is 70.8 Å². The van der Waals surface area contributed by atoms with E-state index in [2.05, 4.69) is 15.9 Å². The van der Waals surface area contributed by atoms with Crippen LogP contribution in [0.5, 0.6) is 5.75 Å². The van der Waals surface area contributed by atoms with Crippen LogP contribution in [0.25, 0.3) is 0 Å². The number of hydrogen-bond donors (Lipinski definition) is 1. The number of carbonyl (C=O) groups excluding carboxylic acids is 1. The summed E-state index contributed by atoms with van der Waals surface area (Å²) in [6, 6.07) is 5.78. The van der Waals surface area contributed by atoms with E-state index in [4.69, 9.17) is 19.9 Å². The van der Waals surface area contributed by atoms with E-state index in [9.17, 15) is 4.79 Å². The SMILES string of the molecule is CC.CCC(C)C(=O)C1(N)c2cc(Br)ccc2OC2CCC3(CC21)OCCO3. The number of benzene rings is 1. The van der Waals surface area contributed by atoms with Crippen LogP contribution in [-0.2, 0) is 19.8 Å². The number of ether oxygens (including phenoxy) is 3. The van der Waals surface area contributed by atoms with Crippen molar-refractivity contribution >= 4 is 21.7 Å². The Morgan fingerprint density at radius 1 is 1.32 bits per heavy atom. The molecule has 1 aromatic rings. The largest absolute Gasteiger partial charge is 0.490 e. The van der Waals surface area contributed by atoms with Gasteiger partial charge in [0.15, 0.2) is 11.6 Å². The Balaban J connectivity index is 0.00000109. The number of Topliss-reactive ketones (excluding diaryl/α,β-unsaturated/α-hetero) is 1. The number of ketones is 1. The average Bonchev–Trinajstić information content (AvgIpc) is 3.17. The molecule has 5 nitrogen and oxygen atoms in total. The molecular formula is C22H32BrNO4. The highest BCUT2D eigenvalue weighted by atomic mass is 79.9. The van der Waals surface area contributed by atoms with E-state index >= 15 is 0 Å². The maximum absolute atomic E-state index is 13.5. The molecule has 28 heavy (non-hydrogen) atoms. The van der Waals surface area contributed by atoms with Gasteiger partial charge >= 0.3 is 0 Å². The summed E-state index contributed by atoms with van der Waals surface area (Å²) >= 11 is 3.52. The van der Waals surface area contributed by atoms with Crippen molar-refractivity contribution in [1.82, 2.24) is 0 Å². The van der Waals surface area contributed by atoms with Crippen LogP contribution in [0, 0.1) is 11.8 Å². The van der Waals surface area contributed by atoms with Gasteiger partial charge in [0.2, 0.25) is 0 Å². The van der Waals surface area contributed by atoms with Crippen LogP contribution in [0.15, 0.2) is 22.7 Å². The van der Waals surface area contributed by atoms with Crippen molar-refractivity contribution in [2.24, 2.45) is 17.6 Å². The molecular weight excluding hydrogens is 422 g/mol. The number of hydrogen-bond acceptors (Lipinski definition) is 5. The maximum atomic E-state index is 13.5. The summed E-state index contributed by atoms with van der Waals surface area (Å²) in [6.07, 6.45) is 2.79. The van der Waals surface area contributed by atoms with Gasteiger partial charge in [-0.15, -0.1) is 0 Å². The van der Waals surface area contributed by atoms with Gasteiger partial charge in [-0.05, 0) is 31.0 Å². The molecule has 1 spiro atoms. The Labute approximate surface area is 176 Å². The molecule has 3 aliphatic rings. The third kappa shape index (κ3) is 3.53. The van der Waals surface area contributed by atoms with Gasteiger partial charge < -0.3 is 19.9 Å². The minimum absolute atomic E-state index is 0.0766. The fraction of sp³-hybridized carbons (Fsp3) is 0.682. The molecule has 1 aromatic carbocycles. The van der Waals surface area contributed by atoms with Crippen LogP contribution in [0.3, 0.4) is 0 Å². The predicted octanol–water partition coefficient (Wildman–Crippen LogP) is 4.55. The van der Waals surface area contributed by atoms with Gasteiger partial charge in [-0.3, -0.25) is 4.79 Å². The second-order valence-electron chi connectivity index (χ2n) is 7.80. The maximum Gasteiger partial charge on any atom is 0.169 e. The third-order valence-corrected chi connectivity index (χ3v) is 6.81. The lowest BCUT2D eigenvalue weighted by molar-refractivity contribution is -0.210. The van der Waals surface area contributed by atoms with E-state index in [1.54, 1.807) is 0 Å². The van der Waals surface area contributed by atoms with Gasteiger partial charge in [-0.2, -0.15) is 0 Å². The van der Waals surface area contributed by atoms with Crippen LogP contribution in [0.4, 0.5) is 0 Å². The van der Waals surface area contributed by atoms with Crippen molar-refractivity contribution in [3.05, 3.63) is 28.2 Å². The zero-order valence-electron chi connectivity index (χ0n) is 17.3. The molecule has 1 saturated heterocycles. The highest BCUT2D eigenvalue weighted by molar-refractivity contribution is 9.10. The number of fused-ring (bicyclic) bond motifs is 2. The molecule has 6 heteroatoms. The molecule has 2 aliphatic heterocycles. The molecule has 2 N–H and O–H groups in total. The standard InChI is InChI=1S/C20H26BrNO4.C2H6/c1-3-12(2)18(23)20(22)14-10-13(21)4-5-16(14)26-17-6-7-19(11-15(17)20)24-8-9-25-19;1-2/h4-5,10,12,15,17H,3,6-9,11,22H2,1-2H3;1-2H3. The van der Waals surface area contributed by atoms with E-state index in [0.29, 0.717) is 19.6 Å². The minimum atomic E-state index is -1.10. The van der Waals surface area contributed by atoms with E-state index in [1.807, 2.05) is 45.9 Å². The van der Waals surface area contributed by atoms with Crippen LogP contribution >= 0.6 is 15.9 Å². The van der Waals surface area contributed by atoms with Crippen LogP contribution in [0.1, 0.15) is 58.9 Å². The molecule has 0 aromatic heterocycles. The first kappa shape index (κ1) is 21.8. The monoisotopic (exact) mass is 453 g/mol. The minimum Gasteiger partial charge on any atom is -0.490 e. The van der Waals surface area contributed by atoms with Crippen molar-refractivity contribution in [3.8, 4) is 5.75 Å². The first-order chi connectivity index (χ1) is 13.4. The number of nitrogens with two attached hydrogens (primary N) is 1. The lowest BCUT2D eigenvalue weighted by atomic mass is 9.63. The molecule has 2 fully saturated rings. The summed E-state index contributed by atoms with van der Waals surface area (Å²) in [6.45, 7) is 9.17. The molecule has 2 heterocycles. The van der Waals surface area contributed by atoms with Gasteiger partial charge in [-0.25, -0.2) is 0 Å². The molecule has 156 valence electrons. The van der Waals surface area contributed by atoms with Crippen LogP contribution < -0.4 is 10.5 Å². The van der Waals surface area contributed by atoms with Crippen molar-refractivity contribution in [2.45, 2.75) is 70.8 Å². The highest BCUT2D eigenvalue weighted by Crippen LogP contribution is 2.52. The van der Waals surface area contributed by atoms with Gasteiger partial charge in [0.25, 0.3) is 0 Å². The van der Waals surface area contributed by atoms with Gasteiger partial charge in [0.05, 0.1) is 13.2 Å². The van der Waals surface area contributed by atoms with Gasteiger partial charge in [0, 0.05) is 34.7 Å². The smallest absolute Gasteiger partial charge is 0.169 e. The van der Waals surface area contributed by atoms with Crippen molar-refractivity contribution in [3.63, 3.8) is 0 Å². The summed E-state index contributed by atoms with van der Waals surface area (Å²) in [5.74, 6) is -0.106. The summed E-state index contributed by atoms with van der Waals surface area (Å²) < 4.78 is 19.1. The van der Waals surface area contributed by atoms with Crippen molar-refractivity contribution in [1.29, 1.82) is 0 Å². The highest BCUT2D eigenvalue weighted by Gasteiger charge is 2.59. The third-order valence-electron chi connectivity index (χ3n) is 6.32. The van der Waals surface area contributed by atoms with Crippen molar-refractivity contribution in [2.75, 3.05) is 13.2 Å². The molecule has 4 atom stereocenters. The van der Waals surface area contributed by atoms with Gasteiger partial charge in [-0.1, -0.05) is 43.6 Å². The quantitative estimate of drug-likeness (QED) is 0.726. The summed E-state index contributed by atoms with van der Waals surface area (Å²) in [4.78, 5) is 13.5. The second kappa shape index (κ2) is 8.42. The molecule has 0 radical (unpaired) electrons. The number of carbonyl (C=O) groups is 1. The zero-order chi connectivity index (χ0) is 20.5. The second-order valence-corrected chi connectivity index (χ2v) is 8.71. The first-order valence-electron chi connectivity index (χ1n) is 10.5. The molecule has 4 rings (SSSR count). The van der Waals surface area contributed by atoms with Gasteiger partial charge in [0.1, 0.15) is 17.4 Å². The lowest BCUT2D eigenvalue weighted by Crippen LogP contribution is -2.63. The van der Waals surface area contributed by atoms with E-state index in [1.165, 1.54) is 0 Å². The van der Waals surface area contributed by atoms with E-state index in [0.717, 1.165) is 35.0 Å². The molecule has 0 amide bonds. The fourth-order valence-corrected chi connectivity index (χ4v) is 5.05. The summed E-state index contributed by atoms with van der Waals surface area (Å²) in [5.41, 5.74) is 6.68. The van der Waals surface area contributed by atoms with E-state index in [-0.39, 0.29) is 23.7 Å². The number of halogens is 1. The summed E-state index contributed by atoms with van der Waals surface area (Å²) in [5, 5.41) is 0. The average molecular weight is 454 g/mol. The van der Waals surface area contributed by atoms with Crippen molar-refractivity contribution < 1.29 is 19.0 Å². The molecule has 1 saturated carbocycles. The first-order valence-corrected chi connectivity index (χ1v) is 11.3. The molecule has 1 aliphatic carbocycles. The molecule has 0 bridgehead atoms. The summed E-state index contributed by atoms with van der Waals surface area (Å²) in [7, 11) is 0.